The highest BCUT2D eigenvalue weighted by molar-refractivity contribution is 8.00. The molecule has 11 heteroatoms. The molecule has 5 N–H and O–H groups in total. The number of benzene rings is 2. The number of cyclic esters (lactones) is 1. The molecule has 6 rings (SSSR count). The molecule has 42 heavy (non-hydrogen) atoms. The molecule has 3 amide bonds. The number of thioether (sulfide) groups is 1. The van der Waals surface area contributed by atoms with E-state index in [4.69, 9.17) is 10.5 Å². The van der Waals surface area contributed by atoms with Gasteiger partial charge in [0.1, 0.15) is 5.25 Å². The molecule has 1 unspecified atom stereocenters. The number of amides is 3. The Labute approximate surface area is 246 Å². The van der Waals surface area contributed by atoms with Crippen LogP contribution in [0.4, 0.5) is 0 Å². The van der Waals surface area contributed by atoms with Gasteiger partial charge in [0.25, 0.3) is 17.7 Å². The second-order valence-electron chi connectivity index (χ2n) is 10.3. The summed E-state index contributed by atoms with van der Waals surface area (Å²) in [4.78, 5) is 53.9. The lowest BCUT2D eigenvalue weighted by molar-refractivity contribution is -0.137. The number of H-pyrrole nitrogens is 1. The number of hydrogen-bond acceptors (Lipinski definition) is 7. The van der Waals surface area contributed by atoms with Crippen LogP contribution in [-0.4, -0.2) is 63.9 Å². The van der Waals surface area contributed by atoms with E-state index in [-0.39, 0.29) is 17.1 Å². The van der Waals surface area contributed by atoms with Crippen molar-refractivity contribution in [2.75, 3.05) is 25.4 Å². The van der Waals surface area contributed by atoms with E-state index in [2.05, 4.69) is 20.2 Å². The molecule has 1 saturated heterocycles. The zero-order valence-electron chi connectivity index (χ0n) is 22.9. The van der Waals surface area contributed by atoms with Crippen molar-refractivity contribution in [1.29, 1.82) is 0 Å². The van der Waals surface area contributed by atoms with Crippen molar-refractivity contribution in [3.8, 4) is 0 Å². The molecular formula is C31H31N5O5S. The van der Waals surface area contributed by atoms with Crippen LogP contribution in [0, 0.1) is 0 Å². The first-order valence-corrected chi connectivity index (χ1v) is 15.1. The largest absolute Gasteiger partial charge is 0.465 e. The average Bonchev–Trinajstić information content (AvgIpc) is 3.75. The molecule has 1 atom stereocenters. The maximum atomic E-state index is 13.2. The zero-order valence-corrected chi connectivity index (χ0v) is 23.7. The number of nitrogens with one attached hydrogen (secondary N) is 3. The number of aromatic amines is 1. The molecule has 0 spiro atoms. The monoisotopic (exact) mass is 585 g/mol. The van der Waals surface area contributed by atoms with E-state index in [0.717, 1.165) is 41.3 Å². The lowest BCUT2D eigenvalue weighted by Gasteiger charge is -2.07. The number of fused-ring (bicyclic) bond motifs is 2. The minimum Gasteiger partial charge on any atom is -0.465 e. The van der Waals surface area contributed by atoms with Crippen LogP contribution in [0.25, 0.3) is 33.0 Å². The number of hydrogen-bond donors (Lipinski definition) is 4. The lowest BCUT2D eigenvalue weighted by atomic mass is 9.95. The molecule has 10 nitrogen and oxygen atoms in total. The molecule has 4 heterocycles. The molecule has 0 radical (unpaired) electrons. The standard InChI is InChI=1S/C31H31N5O5S/c32-10-3-12-36-17-22(20-5-1-2-6-24(20)36)27-26(29(38)35-30(27)39)21-16-34-23-15-18(7-8-19(21)23)28(37)33-11-4-14-42-25-9-13-41-31(25)40/h1-2,5-8,15-17,25,34H,3-4,9-14,32H2,(H,33,37)(H,35,38,39). The van der Waals surface area contributed by atoms with E-state index in [1.54, 1.807) is 36.2 Å². The van der Waals surface area contributed by atoms with Crippen molar-refractivity contribution >= 4 is 68.4 Å². The fourth-order valence-corrected chi connectivity index (χ4v) is 6.63. The Kier molecular flexibility index (Phi) is 7.86. The molecule has 2 aromatic carbocycles. The number of nitrogens with two attached hydrogens (primary N) is 1. The first-order valence-electron chi connectivity index (χ1n) is 14.0. The number of esters is 1. The van der Waals surface area contributed by atoms with Gasteiger partial charge in [0.05, 0.1) is 17.8 Å². The fraction of sp³-hybridized carbons (Fsp3) is 0.290. The van der Waals surface area contributed by atoms with Gasteiger partial charge in [-0.05, 0) is 43.3 Å². The number of nitrogens with zero attached hydrogens (tertiary/aromatic N) is 1. The predicted molar refractivity (Wildman–Crippen MR) is 163 cm³/mol. The van der Waals surface area contributed by atoms with Crippen molar-refractivity contribution in [1.82, 2.24) is 20.2 Å². The van der Waals surface area contributed by atoms with Gasteiger partial charge in [-0.15, -0.1) is 11.8 Å². The van der Waals surface area contributed by atoms with Crippen molar-refractivity contribution in [3.63, 3.8) is 0 Å². The van der Waals surface area contributed by atoms with Crippen LogP contribution in [0.2, 0.25) is 0 Å². The van der Waals surface area contributed by atoms with E-state index in [9.17, 15) is 19.2 Å². The predicted octanol–water partition coefficient (Wildman–Crippen LogP) is 3.21. The van der Waals surface area contributed by atoms with Gasteiger partial charge in [0.2, 0.25) is 0 Å². The molecule has 216 valence electrons. The maximum Gasteiger partial charge on any atom is 0.319 e. The Balaban J connectivity index is 1.24. The third-order valence-corrected chi connectivity index (χ3v) is 8.97. The van der Waals surface area contributed by atoms with Crippen molar-refractivity contribution in [2.45, 2.75) is 31.1 Å². The Morgan fingerprint density at radius 2 is 1.86 bits per heavy atom. The average molecular weight is 586 g/mol. The van der Waals surface area contributed by atoms with Crippen LogP contribution >= 0.6 is 11.8 Å². The third-order valence-electron chi connectivity index (χ3n) is 7.62. The van der Waals surface area contributed by atoms with Crippen LogP contribution in [0.1, 0.15) is 40.7 Å². The van der Waals surface area contributed by atoms with Crippen molar-refractivity contribution in [2.24, 2.45) is 5.73 Å². The minimum atomic E-state index is -0.458. The second kappa shape index (κ2) is 11.9. The molecular weight excluding hydrogens is 554 g/mol. The maximum absolute atomic E-state index is 13.2. The normalized spacial score (nSPS) is 17.0. The molecule has 0 bridgehead atoms. The van der Waals surface area contributed by atoms with Gasteiger partial charge >= 0.3 is 5.97 Å². The number of carbonyl (C=O) groups is 4. The Morgan fingerprint density at radius 3 is 2.64 bits per heavy atom. The van der Waals surface area contributed by atoms with Crippen LogP contribution in [-0.2, 0) is 25.7 Å². The topological polar surface area (TPSA) is 148 Å². The first kappa shape index (κ1) is 27.8. The quantitative estimate of drug-likeness (QED) is 0.120. The molecule has 0 saturated carbocycles. The van der Waals surface area contributed by atoms with E-state index in [0.29, 0.717) is 59.6 Å². The van der Waals surface area contributed by atoms with Gasteiger partial charge < -0.3 is 25.3 Å². The number of para-hydroxylation sites is 1. The summed E-state index contributed by atoms with van der Waals surface area (Å²) in [7, 11) is 0. The van der Waals surface area contributed by atoms with Gasteiger partial charge in [-0.2, -0.15) is 0 Å². The van der Waals surface area contributed by atoms with E-state index in [1.807, 2.05) is 30.5 Å². The molecule has 2 aromatic heterocycles. The van der Waals surface area contributed by atoms with Gasteiger partial charge in [-0.3, -0.25) is 24.5 Å². The lowest BCUT2D eigenvalue weighted by Crippen LogP contribution is -2.25. The number of rotatable bonds is 11. The number of ether oxygens (including phenoxy) is 1. The summed E-state index contributed by atoms with van der Waals surface area (Å²) in [5.74, 6) is -0.509. The number of aromatic nitrogens is 2. The first-order chi connectivity index (χ1) is 20.5. The Morgan fingerprint density at radius 1 is 1.05 bits per heavy atom. The minimum absolute atomic E-state index is 0.104. The Bertz CT molecular complexity index is 1750. The summed E-state index contributed by atoms with van der Waals surface area (Å²) in [6, 6.07) is 13.1. The molecule has 4 aromatic rings. The number of carbonyl (C=O) groups excluding carboxylic acids is 4. The summed E-state index contributed by atoms with van der Waals surface area (Å²) >= 11 is 1.56. The second-order valence-corrected chi connectivity index (χ2v) is 11.6. The Hall–Kier alpha value is -4.35. The zero-order chi connectivity index (χ0) is 29.2. The van der Waals surface area contributed by atoms with E-state index < -0.39 is 11.8 Å². The summed E-state index contributed by atoms with van der Waals surface area (Å²) in [6.07, 6.45) is 5.88. The number of imide groups is 1. The van der Waals surface area contributed by atoms with Crippen LogP contribution < -0.4 is 16.4 Å². The van der Waals surface area contributed by atoms with Crippen LogP contribution in [0.5, 0.6) is 0 Å². The van der Waals surface area contributed by atoms with Gasteiger partial charge in [-0.1, -0.05) is 24.3 Å². The van der Waals surface area contributed by atoms with Crippen LogP contribution in [0.15, 0.2) is 54.9 Å². The fourth-order valence-electron chi connectivity index (χ4n) is 5.57. The van der Waals surface area contributed by atoms with Crippen molar-refractivity contribution < 1.29 is 23.9 Å². The van der Waals surface area contributed by atoms with Crippen LogP contribution in [0.3, 0.4) is 0 Å². The summed E-state index contributed by atoms with van der Waals surface area (Å²) in [5, 5.41) is 6.92. The number of aryl methyl sites for hydroxylation is 1. The molecule has 2 aliphatic rings. The van der Waals surface area contributed by atoms with E-state index >= 15 is 0 Å². The summed E-state index contributed by atoms with van der Waals surface area (Å²) in [6.45, 7) is 2.21. The van der Waals surface area contributed by atoms with Gasteiger partial charge in [-0.25, -0.2) is 0 Å². The highest BCUT2D eigenvalue weighted by Gasteiger charge is 2.35. The molecule has 2 aliphatic heterocycles. The molecule has 0 aliphatic carbocycles. The highest BCUT2D eigenvalue weighted by atomic mass is 32.2. The van der Waals surface area contributed by atoms with Gasteiger partial charge in [0, 0.05) is 70.4 Å². The SMILES string of the molecule is NCCCn1cc(C2=C(c3c[nH]c4cc(C(=O)NCCCSC5CCOC5=O)ccc34)C(=O)NC2=O)c2ccccc21. The molecule has 1 fully saturated rings. The summed E-state index contributed by atoms with van der Waals surface area (Å²) < 4.78 is 7.05. The highest BCUT2D eigenvalue weighted by Crippen LogP contribution is 2.38. The van der Waals surface area contributed by atoms with Gasteiger partial charge in [0.15, 0.2) is 0 Å². The van der Waals surface area contributed by atoms with Crippen molar-refractivity contribution in [3.05, 3.63) is 71.5 Å². The smallest absolute Gasteiger partial charge is 0.319 e. The summed E-state index contributed by atoms with van der Waals surface area (Å²) in [5.41, 5.74) is 9.78. The third kappa shape index (κ3) is 5.21. The van der Waals surface area contributed by atoms with E-state index in [1.165, 1.54) is 0 Å².